The van der Waals surface area contributed by atoms with Gasteiger partial charge in [-0.05, 0) is 97.3 Å². The standard InChI is InChI=1S/C48H53ClF3N9O7S3/c1-32(29-60-20-22-69(63,23-21-60)56-31-53)57-42-11-9-39(26-44(42)70(64,65)48(50,51)52)71(66,67)58-46(62)40-10-8-37(25-43(40)68-38-24-34-13-15-54-45(34)55-28-38)61-18-16-59(17-19-61)30-35-12-14-47(2,3)27-41(35)33-4-6-36(49)7-5-33/h4-11,13,15,24-26,28,32,57H,12,14,16-23,27,29-30H2,1-3H3,(H,54,55)(H,58,62)/t32-/m0/s1. The summed E-state index contributed by atoms with van der Waals surface area (Å²) >= 11 is 6.23. The summed E-state index contributed by atoms with van der Waals surface area (Å²) in [5, 5.41) is 13.0. The summed E-state index contributed by atoms with van der Waals surface area (Å²) < 4.78 is 121. The number of carbonyl (C=O) groups excluding carboxylic acids is 1. The molecule has 8 rings (SSSR count). The Balaban J connectivity index is 1.02. The second-order valence-corrected chi connectivity index (χ2v) is 25.4. The zero-order valence-electron chi connectivity index (χ0n) is 39.1. The van der Waals surface area contributed by atoms with Gasteiger partial charge < -0.3 is 19.9 Å². The number of halogens is 4. The van der Waals surface area contributed by atoms with E-state index in [1.54, 1.807) is 43.6 Å². The number of allylic oxidation sites excluding steroid dienone is 1. The molecule has 16 nitrogen and oxygen atoms in total. The second kappa shape index (κ2) is 20.4. The van der Waals surface area contributed by atoms with Crippen LogP contribution >= 0.6 is 11.6 Å². The third kappa shape index (κ3) is 12.0. The Bertz CT molecular complexity index is 3260. The van der Waals surface area contributed by atoms with E-state index >= 15 is 0 Å². The summed E-state index contributed by atoms with van der Waals surface area (Å²) in [6.45, 7) is 10.4. The largest absolute Gasteiger partial charge is 0.501 e. The summed E-state index contributed by atoms with van der Waals surface area (Å²) in [6.07, 6.45) is 7.71. The lowest BCUT2D eigenvalue weighted by Crippen LogP contribution is -2.47. The average molecular weight is 1060 g/mol. The van der Waals surface area contributed by atoms with E-state index < -0.39 is 62.5 Å². The normalized spacial score (nSPS) is 18.4. The summed E-state index contributed by atoms with van der Waals surface area (Å²) in [7, 11) is -13.9. The zero-order valence-corrected chi connectivity index (χ0v) is 42.3. The van der Waals surface area contributed by atoms with Crippen LogP contribution in [-0.4, -0.2) is 122 Å². The zero-order chi connectivity index (χ0) is 50.9. The maximum atomic E-state index is 14.2. The first-order chi connectivity index (χ1) is 33.5. The van der Waals surface area contributed by atoms with Crippen molar-refractivity contribution in [2.24, 2.45) is 9.78 Å². The smallest absolute Gasteiger partial charge is 0.455 e. The summed E-state index contributed by atoms with van der Waals surface area (Å²) in [4.78, 5) is 25.5. The number of aromatic amines is 1. The van der Waals surface area contributed by atoms with Crippen molar-refractivity contribution < 1.29 is 43.7 Å². The number of sulfonamides is 1. The summed E-state index contributed by atoms with van der Waals surface area (Å²) in [5.41, 5.74) is -1.22. The number of nitrogens with one attached hydrogen (secondary N) is 3. The molecule has 3 aromatic carbocycles. The molecule has 0 spiro atoms. The Hall–Kier alpha value is -5.70. The molecular formula is C48H53ClF3N9O7S3. The minimum Gasteiger partial charge on any atom is -0.455 e. The highest BCUT2D eigenvalue weighted by Gasteiger charge is 2.48. The predicted molar refractivity (Wildman–Crippen MR) is 267 cm³/mol. The molecule has 5 aromatic rings. The second-order valence-electron chi connectivity index (χ2n) is 18.8. The van der Waals surface area contributed by atoms with Crippen LogP contribution in [0.1, 0.15) is 56.0 Å². The fourth-order valence-corrected chi connectivity index (χ4v) is 12.9. The number of hydrogen-bond acceptors (Lipinski definition) is 14. The molecule has 71 heavy (non-hydrogen) atoms. The van der Waals surface area contributed by atoms with Crippen LogP contribution < -0.4 is 19.7 Å². The molecule has 3 N–H and O–H groups in total. The lowest BCUT2D eigenvalue weighted by molar-refractivity contribution is -0.0436. The number of nitrogens with zero attached hydrogens (tertiary/aromatic N) is 6. The Labute approximate surface area is 416 Å². The molecule has 1 atom stereocenters. The molecule has 0 unspecified atom stereocenters. The Morgan fingerprint density at radius 1 is 0.986 bits per heavy atom. The SMILES string of the molecule is C[C@@H](CN1CCS(=O)(=NC#N)CC1)Nc1ccc(S(=O)(=O)NC(=O)c2ccc(N3CCN(CC4=C(c5ccc(Cl)cc5)CC(C)(C)CC4)CC3)cc2Oc2cnc3[nH]ccc3c2)cc1S(=O)(=O)C(F)(F)F. The van der Waals surface area contributed by atoms with Crippen LogP contribution in [0.4, 0.5) is 24.5 Å². The maximum Gasteiger partial charge on any atom is 0.501 e. The van der Waals surface area contributed by atoms with Crippen LogP contribution in [0.5, 0.6) is 11.5 Å². The number of hydrogen-bond donors (Lipinski definition) is 3. The van der Waals surface area contributed by atoms with Crippen LogP contribution in [0.15, 0.2) is 105 Å². The van der Waals surface area contributed by atoms with Gasteiger partial charge in [0.1, 0.15) is 22.0 Å². The van der Waals surface area contributed by atoms with E-state index in [2.05, 4.69) is 55.4 Å². The van der Waals surface area contributed by atoms with Crippen LogP contribution in [0.2, 0.25) is 5.02 Å². The van der Waals surface area contributed by atoms with E-state index in [0.29, 0.717) is 40.9 Å². The van der Waals surface area contributed by atoms with E-state index in [1.165, 1.54) is 29.0 Å². The van der Waals surface area contributed by atoms with Crippen molar-refractivity contribution in [3.8, 4) is 17.7 Å². The van der Waals surface area contributed by atoms with Crippen molar-refractivity contribution in [1.82, 2.24) is 24.5 Å². The quantitative estimate of drug-likeness (QED) is 0.0896. The summed E-state index contributed by atoms with van der Waals surface area (Å²) in [5.74, 6) is -0.815. The Morgan fingerprint density at radius 3 is 2.39 bits per heavy atom. The van der Waals surface area contributed by atoms with E-state index in [9.17, 15) is 39.0 Å². The van der Waals surface area contributed by atoms with Crippen molar-refractivity contribution in [3.63, 3.8) is 0 Å². The molecular weight excluding hydrogens is 1000 g/mol. The number of amides is 1. The van der Waals surface area contributed by atoms with E-state index in [4.69, 9.17) is 21.6 Å². The minimum atomic E-state index is -6.15. The molecule has 2 aliphatic heterocycles. The van der Waals surface area contributed by atoms with Crippen LogP contribution in [-0.2, 0) is 29.6 Å². The van der Waals surface area contributed by atoms with Gasteiger partial charge in [0.25, 0.3) is 25.8 Å². The van der Waals surface area contributed by atoms with Crippen molar-refractivity contribution in [2.45, 2.75) is 61.4 Å². The Kier molecular flexibility index (Phi) is 14.9. The number of alkyl halides is 3. The highest BCUT2D eigenvalue weighted by molar-refractivity contribution is 7.93. The number of ether oxygens (including phenoxy) is 1. The third-order valence-corrected chi connectivity index (χ3v) is 18.2. The van der Waals surface area contributed by atoms with Crippen molar-refractivity contribution in [3.05, 3.63) is 107 Å². The van der Waals surface area contributed by atoms with Crippen molar-refractivity contribution in [2.75, 3.05) is 74.1 Å². The van der Waals surface area contributed by atoms with Gasteiger partial charge in [-0.3, -0.25) is 14.6 Å². The van der Waals surface area contributed by atoms with Gasteiger partial charge in [-0.2, -0.15) is 18.4 Å². The molecule has 1 amide bonds. The molecule has 23 heteroatoms. The first kappa shape index (κ1) is 51.6. The molecule has 2 saturated heterocycles. The van der Waals surface area contributed by atoms with Gasteiger partial charge in [0.2, 0.25) is 6.19 Å². The summed E-state index contributed by atoms with van der Waals surface area (Å²) in [6, 6.07) is 17.6. The number of nitriles is 1. The van der Waals surface area contributed by atoms with Crippen LogP contribution in [0.3, 0.4) is 0 Å². The number of sulfone groups is 1. The number of rotatable bonds is 14. The number of piperazine rings is 1. The molecule has 4 heterocycles. The van der Waals surface area contributed by atoms with E-state index in [0.717, 1.165) is 51.0 Å². The fourth-order valence-electron chi connectivity index (χ4n) is 9.16. The fraction of sp³-hybridized carbons (Fsp3) is 0.396. The number of aromatic nitrogens is 2. The van der Waals surface area contributed by atoms with Gasteiger partial charge in [-0.1, -0.05) is 43.2 Å². The van der Waals surface area contributed by atoms with Crippen molar-refractivity contribution in [1.29, 1.82) is 5.26 Å². The van der Waals surface area contributed by atoms with Gasteiger partial charge >= 0.3 is 5.51 Å². The monoisotopic (exact) mass is 1060 g/mol. The molecule has 2 fully saturated rings. The maximum absolute atomic E-state index is 14.2. The Morgan fingerprint density at radius 2 is 1.70 bits per heavy atom. The lowest BCUT2D eigenvalue weighted by atomic mass is 9.72. The third-order valence-electron chi connectivity index (χ3n) is 13.0. The molecule has 0 bridgehead atoms. The molecule has 1 aliphatic carbocycles. The number of fused-ring (bicyclic) bond motifs is 1. The van der Waals surface area contributed by atoms with E-state index in [1.807, 2.05) is 21.8 Å². The van der Waals surface area contributed by atoms with Crippen LogP contribution in [0, 0.1) is 16.9 Å². The van der Waals surface area contributed by atoms with Gasteiger partial charge in [0, 0.05) is 98.3 Å². The number of benzene rings is 3. The van der Waals surface area contributed by atoms with E-state index in [-0.39, 0.29) is 53.6 Å². The number of H-pyrrole nitrogens is 1. The predicted octanol–water partition coefficient (Wildman–Crippen LogP) is 8.27. The molecule has 2 aromatic heterocycles. The average Bonchev–Trinajstić information content (AvgIpc) is 3.79. The first-order valence-corrected chi connectivity index (χ1v) is 28.0. The highest BCUT2D eigenvalue weighted by atomic mass is 35.5. The van der Waals surface area contributed by atoms with Crippen molar-refractivity contribution >= 4 is 75.1 Å². The van der Waals surface area contributed by atoms with Crippen LogP contribution in [0.25, 0.3) is 16.6 Å². The first-order valence-electron chi connectivity index (χ1n) is 22.8. The minimum absolute atomic E-state index is 0.0405. The molecule has 0 radical (unpaired) electrons. The lowest BCUT2D eigenvalue weighted by Gasteiger charge is -2.39. The molecule has 3 aliphatic rings. The van der Waals surface area contributed by atoms with Gasteiger partial charge in [0.05, 0.1) is 32.1 Å². The molecule has 0 saturated carbocycles. The van der Waals surface area contributed by atoms with Gasteiger partial charge in [-0.15, -0.1) is 4.36 Å². The molecule has 378 valence electrons. The number of pyridine rings is 1. The van der Waals surface area contributed by atoms with Gasteiger partial charge in [0.15, 0.2) is 0 Å². The number of carbonyl (C=O) groups is 1. The topological polar surface area (TPSA) is 210 Å². The van der Waals surface area contributed by atoms with Gasteiger partial charge in [-0.25, -0.2) is 30.8 Å². The highest BCUT2D eigenvalue weighted by Crippen LogP contribution is 2.44. The number of anilines is 2.